The van der Waals surface area contributed by atoms with Gasteiger partial charge in [-0.05, 0) is 18.6 Å². The van der Waals surface area contributed by atoms with E-state index < -0.39 is 6.09 Å². The second-order valence-corrected chi connectivity index (χ2v) is 3.45. The summed E-state index contributed by atoms with van der Waals surface area (Å²) in [6, 6.07) is 7.74. The van der Waals surface area contributed by atoms with Crippen LogP contribution >= 0.6 is 0 Å². The molecule has 1 amide bonds. The summed E-state index contributed by atoms with van der Waals surface area (Å²) in [6.07, 6.45) is 0.107. The maximum Gasteiger partial charge on any atom is 0.433 e. The van der Waals surface area contributed by atoms with Crippen LogP contribution in [0.2, 0.25) is 0 Å². The fourth-order valence-electron chi connectivity index (χ4n) is 1.58. The van der Waals surface area contributed by atoms with Crippen molar-refractivity contribution in [2.45, 2.75) is 13.3 Å². The monoisotopic (exact) mass is 219 g/mol. The first-order valence-electron chi connectivity index (χ1n) is 5.23. The highest BCUT2D eigenvalue weighted by molar-refractivity contribution is 5.96. The lowest BCUT2D eigenvalue weighted by molar-refractivity contribution is 0.163. The molecule has 0 saturated heterocycles. The number of carbonyl (C=O) groups excluding carboxylic acids is 1. The standard InChI is InChI=1S/C12H13NO3/c1-2-15-12(14)13-10-7-9-5-3-4-6-11(9)16-8-10/h3-6H,2,7-8H2,1H3/b13-10+. The number of hydrogen-bond acceptors (Lipinski definition) is 3. The molecule has 1 aromatic rings. The van der Waals surface area contributed by atoms with E-state index in [-0.39, 0.29) is 0 Å². The first-order valence-corrected chi connectivity index (χ1v) is 5.23. The number of benzene rings is 1. The maximum atomic E-state index is 11.2. The summed E-state index contributed by atoms with van der Waals surface area (Å²) in [5.74, 6) is 0.866. The number of aliphatic imine (C=N–C) groups is 1. The van der Waals surface area contributed by atoms with Crippen molar-refractivity contribution >= 4 is 11.8 Å². The van der Waals surface area contributed by atoms with Gasteiger partial charge in [0.1, 0.15) is 12.4 Å². The summed E-state index contributed by atoms with van der Waals surface area (Å²) in [6.45, 7) is 2.45. The van der Waals surface area contributed by atoms with E-state index in [4.69, 9.17) is 9.47 Å². The van der Waals surface area contributed by atoms with E-state index in [1.807, 2.05) is 24.3 Å². The SMILES string of the molecule is CCOC(=O)/N=C1/COc2ccccc2C1. The normalized spacial score (nSPS) is 16.4. The Hall–Kier alpha value is -1.84. The van der Waals surface area contributed by atoms with Gasteiger partial charge in [-0.3, -0.25) is 0 Å². The van der Waals surface area contributed by atoms with Crippen molar-refractivity contribution in [1.29, 1.82) is 0 Å². The Morgan fingerprint density at radius 1 is 1.50 bits per heavy atom. The van der Waals surface area contributed by atoms with Gasteiger partial charge in [0.2, 0.25) is 0 Å². The maximum absolute atomic E-state index is 11.2. The van der Waals surface area contributed by atoms with E-state index in [1.165, 1.54) is 0 Å². The fraction of sp³-hybridized carbons (Fsp3) is 0.333. The number of amides is 1. The molecule has 0 N–H and O–H groups in total. The molecule has 2 rings (SSSR count). The minimum absolute atomic E-state index is 0.340. The third-order valence-electron chi connectivity index (χ3n) is 2.28. The van der Waals surface area contributed by atoms with Gasteiger partial charge in [0, 0.05) is 6.42 Å². The van der Waals surface area contributed by atoms with Crippen LogP contribution in [-0.4, -0.2) is 25.0 Å². The van der Waals surface area contributed by atoms with Gasteiger partial charge < -0.3 is 9.47 Å². The number of nitrogens with zero attached hydrogens (tertiary/aromatic N) is 1. The second kappa shape index (κ2) is 4.79. The molecule has 16 heavy (non-hydrogen) atoms. The highest BCUT2D eigenvalue weighted by Crippen LogP contribution is 2.22. The molecule has 84 valence electrons. The number of ether oxygens (including phenoxy) is 2. The number of hydrogen-bond donors (Lipinski definition) is 0. The van der Waals surface area contributed by atoms with Crippen LogP contribution in [0, 0.1) is 0 Å². The van der Waals surface area contributed by atoms with E-state index in [0.29, 0.717) is 25.3 Å². The van der Waals surface area contributed by atoms with Crippen molar-refractivity contribution in [3.63, 3.8) is 0 Å². The van der Waals surface area contributed by atoms with E-state index in [0.717, 1.165) is 11.3 Å². The Morgan fingerprint density at radius 3 is 3.12 bits per heavy atom. The Labute approximate surface area is 93.9 Å². The van der Waals surface area contributed by atoms with E-state index >= 15 is 0 Å². The average Bonchev–Trinajstić information content (AvgIpc) is 2.29. The Morgan fingerprint density at radius 2 is 2.31 bits per heavy atom. The molecule has 0 aliphatic carbocycles. The van der Waals surface area contributed by atoms with Crippen LogP contribution in [-0.2, 0) is 11.2 Å². The molecule has 0 spiro atoms. The largest absolute Gasteiger partial charge is 0.487 e. The van der Waals surface area contributed by atoms with Crippen LogP contribution in [0.15, 0.2) is 29.3 Å². The summed E-state index contributed by atoms with van der Waals surface area (Å²) < 4.78 is 10.2. The van der Waals surface area contributed by atoms with Crippen LogP contribution in [0.4, 0.5) is 4.79 Å². The van der Waals surface area contributed by atoms with E-state index in [2.05, 4.69) is 4.99 Å². The first kappa shape index (κ1) is 10.7. The molecule has 0 atom stereocenters. The Balaban J connectivity index is 2.10. The molecular weight excluding hydrogens is 206 g/mol. The molecule has 1 aliphatic heterocycles. The molecular formula is C12H13NO3. The molecule has 1 aromatic carbocycles. The van der Waals surface area contributed by atoms with Gasteiger partial charge in [0.15, 0.2) is 0 Å². The van der Waals surface area contributed by atoms with Gasteiger partial charge in [0.05, 0.1) is 12.3 Å². The van der Waals surface area contributed by atoms with Crippen LogP contribution < -0.4 is 4.74 Å². The third kappa shape index (κ3) is 2.39. The van der Waals surface area contributed by atoms with Crippen LogP contribution in [0.1, 0.15) is 12.5 Å². The number of carbonyl (C=O) groups is 1. The lowest BCUT2D eigenvalue weighted by Crippen LogP contribution is -2.22. The van der Waals surface area contributed by atoms with Crippen molar-refractivity contribution in [1.82, 2.24) is 0 Å². The minimum atomic E-state index is -0.541. The van der Waals surface area contributed by atoms with Crippen molar-refractivity contribution in [3.05, 3.63) is 29.8 Å². The van der Waals surface area contributed by atoms with E-state index in [9.17, 15) is 4.79 Å². The number of para-hydroxylation sites is 1. The highest BCUT2D eigenvalue weighted by atomic mass is 16.5. The molecule has 4 nitrogen and oxygen atoms in total. The summed E-state index contributed by atoms with van der Waals surface area (Å²) in [7, 11) is 0. The minimum Gasteiger partial charge on any atom is -0.487 e. The van der Waals surface area contributed by atoms with Crippen LogP contribution in [0.25, 0.3) is 0 Å². The molecule has 4 heteroatoms. The van der Waals surface area contributed by atoms with Crippen LogP contribution in [0.3, 0.4) is 0 Å². The average molecular weight is 219 g/mol. The summed E-state index contributed by atoms with van der Waals surface area (Å²) in [5, 5.41) is 0. The lowest BCUT2D eigenvalue weighted by Gasteiger charge is -2.18. The lowest BCUT2D eigenvalue weighted by atomic mass is 10.1. The molecule has 0 fully saturated rings. The van der Waals surface area contributed by atoms with Crippen molar-refractivity contribution < 1.29 is 14.3 Å². The molecule has 0 radical (unpaired) electrons. The van der Waals surface area contributed by atoms with Gasteiger partial charge in [0.25, 0.3) is 0 Å². The highest BCUT2D eigenvalue weighted by Gasteiger charge is 2.15. The van der Waals surface area contributed by atoms with Gasteiger partial charge in [-0.25, -0.2) is 4.79 Å². The van der Waals surface area contributed by atoms with Gasteiger partial charge in [-0.1, -0.05) is 18.2 Å². The molecule has 1 heterocycles. The van der Waals surface area contributed by atoms with Crippen molar-refractivity contribution in [2.75, 3.05) is 13.2 Å². The van der Waals surface area contributed by atoms with Crippen molar-refractivity contribution in [2.24, 2.45) is 4.99 Å². The number of fused-ring (bicyclic) bond motifs is 1. The van der Waals surface area contributed by atoms with Crippen LogP contribution in [0.5, 0.6) is 5.75 Å². The quantitative estimate of drug-likeness (QED) is 0.727. The van der Waals surface area contributed by atoms with E-state index in [1.54, 1.807) is 6.92 Å². The predicted octanol–water partition coefficient (Wildman–Crippen LogP) is 2.22. The summed E-state index contributed by atoms with van der Waals surface area (Å²) in [4.78, 5) is 15.0. The molecule has 1 aliphatic rings. The molecule has 0 aromatic heterocycles. The Bertz CT molecular complexity index is 426. The van der Waals surface area contributed by atoms with Gasteiger partial charge >= 0.3 is 6.09 Å². The van der Waals surface area contributed by atoms with Gasteiger partial charge in [-0.2, -0.15) is 4.99 Å². The molecule has 0 bridgehead atoms. The smallest absolute Gasteiger partial charge is 0.433 e. The summed E-state index contributed by atoms with van der Waals surface area (Å²) >= 11 is 0. The third-order valence-corrected chi connectivity index (χ3v) is 2.28. The topological polar surface area (TPSA) is 47.9 Å². The second-order valence-electron chi connectivity index (χ2n) is 3.45. The molecule has 0 saturated carbocycles. The number of rotatable bonds is 1. The van der Waals surface area contributed by atoms with Gasteiger partial charge in [-0.15, -0.1) is 0 Å². The zero-order valence-corrected chi connectivity index (χ0v) is 9.10. The Kier molecular flexibility index (Phi) is 3.19. The summed E-state index contributed by atoms with van der Waals surface area (Å²) in [5.41, 5.74) is 1.76. The molecule has 0 unspecified atom stereocenters. The zero-order valence-electron chi connectivity index (χ0n) is 9.10. The predicted molar refractivity (Wildman–Crippen MR) is 60.1 cm³/mol. The van der Waals surface area contributed by atoms with Crippen molar-refractivity contribution in [3.8, 4) is 5.75 Å². The fourth-order valence-corrected chi connectivity index (χ4v) is 1.58. The zero-order chi connectivity index (χ0) is 11.4. The first-order chi connectivity index (χ1) is 7.79.